The molecule has 0 spiro atoms. The quantitative estimate of drug-likeness (QED) is 0.187. The molecule has 0 aromatic carbocycles. The predicted octanol–water partition coefficient (Wildman–Crippen LogP) is 8.38. The van der Waals surface area contributed by atoms with Crippen LogP contribution in [0.5, 0.6) is 0 Å². The lowest BCUT2D eigenvalue weighted by atomic mass is 9.82. The molecule has 206 valence electrons. The third-order valence-corrected chi connectivity index (χ3v) is 9.01. The molecule has 1 aromatic heterocycles. The van der Waals surface area contributed by atoms with Crippen molar-refractivity contribution < 1.29 is 17.4 Å². The molecular weight excluding hydrogens is 505 g/mol. The van der Waals surface area contributed by atoms with Gasteiger partial charge in [0.05, 0.1) is 15.4 Å². The Hall–Kier alpha value is -2.59. The van der Waals surface area contributed by atoms with E-state index in [0.717, 1.165) is 65.1 Å². The molecule has 0 N–H and O–H groups in total. The van der Waals surface area contributed by atoms with Crippen LogP contribution in [0.25, 0.3) is 5.57 Å². The van der Waals surface area contributed by atoms with Gasteiger partial charge in [0.2, 0.25) is 0 Å². The number of hydrogen-bond donors (Lipinski definition) is 0. The number of aryl methyl sites for hydroxylation is 1. The van der Waals surface area contributed by atoms with Crippen LogP contribution in [0.1, 0.15) is 95.4 Å². The van der Waals surface area contributed by atoms with Crippen molar-refractivity contribution in [2.24, 2.45) is 16.2 Å². The lowest BCUT2D eigenvalue weighted by Crippen LogP contribution is -2.13. The first-order chi connectivity index (χ1) is 17.9. The normalized spacial score (nSPS) is 22.5. The second kappa shape index (κ2) is 12.5. The zero-order valence-electron chi connectivity index (χ0n) is 23.1. The van der Waals surface area contributed by atoms with Gasteiger partial charge in [0.1, 0.15) is 6.21 Å². The van der Waals surface area contributed by atoms with E-state index in [1.165, 1.54) is 12.8 Å². The van der Waals surface area contributed by atoms with E-state index in [2.05, 4.69) is 42.0 Å². The van der Waals surface area contributed by atoms with Gasteiger partial charge in [-0.15, -0.1) is 0 Å². The molecule has 0 aliphatic heterocycles. The van der Waals surface area contributed by atoms with E-state index >= 15 is 0 Å². The first kappa shape index (κ1) is 30.0. The predicted molar refractivity (Wildman–Crippen MR) is 154 cm³/mol. The Morgan fingerprint density at radius 1 is 1.34 bits per heavy atom. The molecule has 3 atom stereocenters. The lowest BCUT2D eigenvalue weighted by molar-refractivity contribution is -0.0533. The van der Waals surface area contributed by atoms with Crippen molar-refractivity contribution in [1.82, 2.24) is 4.98 Å². The fourth-order valence-electron chi connectivity index (χ4n) is 4.94. The molecule has 0 saturated heterocycles. The van der Waals surface area contributed by atoms with E-state index < -0.39 is 15.9 Å². The van der Waals surface area contributed by atoms with Gasteiger partial charge >= 0.3 is 6.18 Å². The molecular formula is C31H39F3N2OS. The van der Waals surface area contributed by atoms with Crippen LogP contribution in [0.15, 0.2) is 44.9 Å². The van der Waals surface area contributed by atoms with Crippen LogP contribution in [0.2, 0.25) is 0 Å². The Kier molecular flexibility index (Phi) is 9.86. The van der Waals surface area contributed by atoms with Crippen LogP contribution in [0, 0.1) is 30.6 Å². The summed E-state index contributed by atoms with van der Waals surface area (Å²) in [6.45, 7) is 10.1. The summed E-state index contributed by atoms with van der Waals surface area (Å²) in [5, 5.41) is 0. The molecule has 0 bridgehead atoms. The maximum absolute atomic E-state index is 12.9. The first-order valence-corrected chi connectivity index (χ1v) is 15.1. The summed E-state index contributed by atoms with van der Waals surface area (Å²) in [5.41, 5.74) is 6.34. The van der Waals surface area contributed by atoms with Gasteiger partial charge in [-0.1, -0.05) is 56.3 Å². The zero-order chi connectivity index (χ0) is 28.1. The van der Waals surface area contributed by atoms with Crippen molar-refractivity contribution in [1.29, 1.82) is 0 Å². The topological polar surface area (TPSA) is 42.3 Å². The number of hydrogen-bond acceptors (Lipinski definition) is 2. The van der Waals surface area contributed by atoms with E-state index in [9.17, 15) is 17.4 Å². The molecule has 2 aliphatic rings. The van der Waals surface area contributed by atoms with Gasteiger partial charge in [0, 0.05) is 41.0 Å². The van der Waals surface area contributed by atoms with E-state index in [4.69, 9.17) is 4.98 Å². The van der Waals surface area contributed by atoms with Gasteiger partial charge < -0.3 is 0 Å². The maximum atomic E-state index is 12.9. The highest BCUT2D eigenvalue weighted by atomic mass is 32.2. The Balaban J connectivity index is 2.09. The number of nitrogens with zero attached hydrogens (tertiary/aromatic N) is 2. The molecule has 1 saturated carbocycles. The van der Waals surface area contributed by atoms with Crippen molar-refractivity contribution in [3.63, 3.8) is 0 Å². The number of fused-ring (bicyclic) bond motifs is 1. The summed E-state index contributed by atoms with van der Waals surface area (Å²) >= 11 is 0. The summed E-state index contributed by atoms with van der Waals surface area (Å²) in [4.78, 5) is 5.15. The highest BCUT2D eigenvalue weighted by Crippen LogP contribution is 2.47. The van der Waals surface area contributed by atoms with Gasteiger partial charge in [-0.3, -0.25) is 4.98 Å². The van der Waals surface area contributed by atoms with Crippen molar-refractivity contribution in [3.05, 3.63) is 57.3 Å². The van der Waals surface area contributed by atoms with Crippen molar-refractivity contribution in [2.45, 2.75) is 91.7 Å². The van der Waals surface area contributed by atoms with Crippen LogP contribution in [0.3, 0.4) is 0 Å². The summed E-state index contributed by atoms with van der Waals surface area (Å²) in [5.74, 6) is 11.8. The molecule has 1 heterocycles. The number of pyridine rings is 1. The minimum atomic E-state index is -4.64. The van der Waals surface area contributed by atoms with Crippen LogP contribution in [-0.2, 0) is 9.71 Å². The fourth-order valence-corrected chi connectivity index (χ4v) is 6.07. The standard InChI is InChI=1S/C31H39F3N2OS/c1-7-9-10-11-27-28(22(4)12-15-26(8-2)38(6,37)36-20-31(32,33)34)18-25(17-24-13-14-24)23(5)30-29(27)16-21(3)19-35-30/h8,12,16,19-20,23-25H,6-7,9,13-15,17-18H2,1-5H3/b22-12+,26-8+,36-20?. The fraction of sp³-hybridized carbons (Fsp3) is 0.516. The summed E-state index contributed by atoms with van der Waals surface area (Å²) in [6.07, 6.45) is 7.03. The SMILES string of the molecule is C=S(=O)(N=CC(F)(F)F)/C(=C/C)C/C=C(\C)C1=C(C#CCCC)c2cc(C)cnc2C(C)C(CC2CC2)C1. The summed E-state index contributed by atoms with van der Waals surface area (Å²) < 4.78 is 54.2. The zero-order valence-corrected chi connectivity index (χ0v) is 23.9. The van der Waals surface area contributed by atoms with E-state index in [1.807, 2.05) is 26.1 Å². The lowest BCUT2D eigenvalue weighted by Gasteiger charge is -2.23. The minimum Gasteiger partial charge on any atom is -0.260 e. The molecule has 0 radical (unpaired) electrons. The molecule has 7 heteroatoms. The van der Waals surface area contributed by atoms with E-state index in [-0.39, 0.29) is 23.5 Å². The average Bonchev–Trinajstić information content (AvgIpc) is 3.67. The monoisotopic (exact) mass is 544 g/mol. The van der Waals surface area contributed by atoms with Crippen LogP contribution in [0.4, 0.5) is 13.2 Å². The number of allylic oxidation sites excluding steroid dienone is 6. The number of aromatic nitrogens is 1. The number of alkyl halides is 3. The second-order valence-electron chi connectivity index (χ2n) is 10.5. The largest absolute Gasteiger partial charge is 0.427 e. The number of rotatable bonds is 8. The van der Waals surface area contributed by atoms with Gasteiger partial charge in [-0.25, -0.2) is 4.21 Å². The van der Waals surface area contributed by atoms with Crippen molar-refractivity contribution >= 4 is 27.4 Å². The second-order valence-corrected chi connectivity index (χ2v) is 12.6. The average molecular weight is 545 g/mol. The molecule has 2 aliphatic carbocycles. The Morgan fingerprint density at radius 3 is 2.66 bits per heavy atom. The van der Waals surface area contributed by atoms with Crippen molar-refractivity contribution in [3.8, 4) is 11.8 Å². The van der Waals surface area contributed by atoms with Crippen LogP contribution < -0.4 is 0 Å². The van der Waals surface area contributed by atoms with E-state index in [0.29, 0.717) is 5.92 Å². The molecule has 3 rings (SSSR count). The molecule has 38 heavy (non-hydrogen) atoms. The van der Waals surface area contributed by atoms with Gasteiger partial charge in [0.25, 0.3) is 0 Å². The third kappa shape index (κ3) is 7.96. The minimum absolute atomic E-state index is 0.195. The first-order valence-electron chi connectivity index (χ1n) is 13.4. The summed E-state index contributed by atoms with van der Waals surface area (Å²) in [6, 6.07) is 2.17. The Labute approximate surface area is 226 Å². The highest BCUT2D eigenvalue weighted by molar-refractivity contribution is 8.02. The van der Waals surface area contributed by atoms with Crippen molar-refractivity contribution in [2.75, 3.05) is 0 Å². The maximum Gasteiger partial charge on any atom is 0.427 e. The highest BCUT2D eigenvalue weighted by Gasteiger charge is 2.34. The third-order valence-electron chi connectivity index (χ3n) is 7.34. The van der Waals surface area contributed by atoms with Crippen LogP contribution in [-0.4, -0.2) is 27.5 Å². The van der Waals surface area contributed by atoms with Gasteiger partial charge in [0.15, 0.2) is 0 Å². The number of unbranched alkanes of at least 4 members (excludes halogenated alkanes) is 1. The Bertz CT molecular complexity index is 1320. The Morgan fingerprint density at radius 2 is 2.05 bits per heavy atom. The van der Waals surface area contributed by atoms with Crippen LogP contribution >= 0.6 is 0 Å². The van der Waals surface area contributed by atoms with Gasteiger partial charge in [-0.2, -0.15) is 17.6 Å². The number of halogens is 3. The molecule has 1 aromatic rings. The molecule has 3 unspecified atom stereocenters. The van der Waals surface area contributed by atoms with E-state index in [1.54, 1.807) is 13.0 Å². The van der Waals surface area contributed by atoms with Gasteiger partial charge in [-0.05, 0) is 74.9 Å². The smallest absolute Gasteiger partial charge is 0.260 e. The molecule has 3 nitrogen and oxygen atoms in total. The molecule has 1 fully saturated rings. The summed E-state index contributed by atoms with van der Waals surface area (Å²) in [7, 11) is -3.44. The molecule has 0 amide bonds.